The largest absolute Gasteiger partial charge is 0.506 e. The van der Waals surface area contributed by atoms with Crippen LogP contribution in [-0.2, 0) is 4.79 Å². The first-order valence-corrected chi connectivity index (χ1v) is 9.20. The monoisotopic (exact) mass is 346 g/mol. The molecule has 3 rings (SSSR count). The van der Waals surface area contributed by atoms with Crippen LogP contribution in [0, 0.1) is 0 Å². The van der Waals surface area contributed by atoms with E-state index < -0.39 is 0 Å². The first kappa shape index (κ1) is 16.8. The number of para-hydroxylation sites is 2. The summed E-state index contributed by atoms with van der Waals surface area (Å²) < 4.78 is 0. The number of benzene rings is 1. The highest BCUT2D eigenvalue weighted by Gasteiger charge is 2.24. The summed E-state index contributed by atoms with van der Waals surface area (Å²) in [6.07, 6.45) is 0. The van der Waals surface area contributed by atoms with Crippen molar-refractivity contribution in [1.29, 1.82) is 0 Å². The number of nitrogens with zero attached hydrogens (tertiary/aromatic N) is 1. The number of piperazine rings is 1. The molecule has 0 saturated carbocycles. The molecule has 0 unspecified atom stereocenters. The molecule has 1 fully saturated rings. The van der Waals surface area contributed by atoms with Gasteiger partial charge < -0.3 is 20.2 Å². The van der Waals surface area contributed by atoms with Gasteiger partial charge in [-0.05, 0) is 30.5 Å². The summed E-state index contributed by atoms with van der Waals surface area (Å²) in [5, 5.41) is 15.1. The van der Waals surface area contributed by atoms with Crippen molar-refractivity contribution in [3.63, 3.8) is 0 Å². The van der Waals surface area contributed by atoms with Crippen molar-refractivity contribution in [3.8, 4) is 5.75 Å². The summed E-state index contributed by atoms with van der Waals surface area (Å²) in [5.41, 5.74) is 0.882. The minimum Gasteiger partial charge on any atom is -0.506 e. The molecule has 0 spiro atoms. The second-order valence-corrected chi connectivity index (χ2v) is 7.19. The van der Waals surface area contributed by atoms with E-state index in [-0.39, 0.29) is 11.9 Å². The molecule has 2 heterocycles. The Morgan fingerprint density at radius 1 is 1.29 bits per heavy atom. The van der Waals surface area contributed by atoms with Gasteiger partial charge >= 0.3 is 0 Å². The zero-order chi connectivity index (χ0) is 16.9. The van der Waals surface area contributed by atoms with Gasteiger partial charge in [0.25, 0.3) is 5.91 Å². The fraction of sp³-hybridized carbons (Fsp3) is 0.389. The molecule has 1 atom stereocenters. The van der Waals surface area contributed by atoms with Crippen molar-refractivity contribution in [2.24, 2.45) is 0 Å². The highest BCUT2D eigenvalue weighted by Crippen LogP contribution is 2.25. The van der Waals surface area contributed by atoms with E-state index in [2.05, 4.69) is 10.2 Å². The Balaban J connectivity index is 1.47. The predicted octanol–water partition coefficient (Wildman–Crippen LogP) is 1.04. The minimum absolute atomic E-state index is 0.0689. The van der Waals surface area contributed by atoms with Gasteiger partial charge in [-0.1, -0.05) is 18.2 Å². The number of anilines is 1. The lowest BCUT2D eigenvalue weighted by atomic mass is 10.2. The first-order valence-electron chi connectivity index (χ1n) is 8.33. The van der Waals surface area contributed by atoms with Gasteiger partial charge in [0, 0.05) is 4.88 Å². The Hall–Kier alpha value is -2.05. The number of amides is 1. The molecule has 1 aliphatic rings. The van der Waals surface area contributed by atoms with Crippen LogP contribution in [0.2, 0.25) is 0 Å². The summed E-state index contributed by atoms with van der Waals surface area (Å²) in [6, 6.07) is 11.6. The van der Waals surface area contributed by atoms with E-state index in [1.807, 2.05) is 42.6 Å². The van der Waals surface area contributed by atoms with Gasteiger partial charge in [-0.25, -0.2) is 0 Å². The van der Waals surface area contributed by atoms with Crippen LogP contribution >= 0.6 is 11.3 Å². The second-order valence-electron chi connectivity index (χ2n) is 6.21. The Morgan fingerprint density at radius 3 is 2.71 bits per heavy atom. The Kier molecular flexibility index (Phi) is 5.37. The number of carbonyl (C=O) groups is 1. The zero-order valence-corrected chi connectivity index (χ0v) is 14.7. The van der Waals surface area contributed by atoms with Gasteiger partial charge in [0.1, 0.15) is 5.75 Å². The molecule has 1 saturated heterocycles. The van der Waals surface area contributed by atoms with E-state index >= 15 is 0 Å². The average Bonchev–Trinajstić information content (AvgIpc) is 3.11. The van der Waals surface area contributed by atoms with Crippen LogP contribution in [0.25, 0.3) is 0 Å². The Morgan fingerprint density at radius 2 is 2.04 bits per heavy atom. The normalized spacial score (nSPS) is 16.8. The summed E-state index contributed by atoms with van der Waals surface area (Å²) in [4.78, 5) is 16.9. The van der Waals surface area contributed by atoms with Crippen molar-refractivity contribution in [2.75, 3.05) is 37.6 Å². The number of rotatable bonds is 5. The van der Waals surface area contributed by atoms with Crippen LogP contribution in [0.4, 0.5) is 5.69 Å². The molecule has 1 aromatic carbocycles. The molecule has 1 aliphatic heterocycles. The predicted molar refractivity (Wildman–Crippen MR) is 96.8 cm³/mol. The number of quaternary nitrogens is 1. The number of phenols is 1. The maximum Gasteiger partial charge on any atom is 0.275 e. The summed E-state index contributed by atoms with van der Waals surface area (Å²) in [5.74, 6) is 0.422. The molecule has 2 aromatic rings. The summed E-state index contributed by atoms with van der Waals surface area (Å²) >= 11 is 1.67. The van der Waals surface area contributed by atoms with Gasteiger partial charge in [0.05, 0.1) is 37.9 Å². The summed E-state index contributed by atoms with van der Waals surface area (Å²) in [6.45, 7) is 6.02. The molecule has 128 valence electrons. The number of aromatic hydroxyl groups is 1. The van der Waals surface area contributed by atoms with E-state index in [9.17, 15) is 9.90 Å². The third kappa shape index (κ3) is 4.07. The SMILES string of the molecule is C[C@H](NC(=O)C[NH+]1CCN(c2ccccc2O)CC1)c1cccs1. The molecule has 0 bridgehead atoms. The van der Waals surface area contributed by atoms with E-state index in [0.717, 1.165) is 31.9 Å². The van der Waals surface area contributed by atoms with Crippen molar-refractivity contribution in [1.82, 2.24) is 5.32 Å². The van der Waals surface area contributed by atoms with Crippen molar-refractivity contribution in [2.45, 2.75) is 13.0 Å². The Labute approximate surface area is 146 Å². The molecular weight excluding hydrogens is 322 g/mol. The number of nitrogens with one attached hydrogen (secondary N) is 2. The molecule has 24 heavy (non-hydrogen) atoms. The molecule has 1 amide bonds. The van der Waals surface area contributed by atoms with E-state index in [0.29, 0.717) is 12.3 Å². The molecule has 0 radical (unpaired) electrons. The number of carbonyl (C=O) groups excluding carboxylic acids is 1. The maximum atomic E-state index is 12.2. The van der Waals surface area contributed by atoms with E-state index in [4.69, 9.17) is 0 Å². The van der Waals surface area contributed by atoms with Crippen LogP contribution in [-0.4, -0.2) is 43.7 Å². The molecule has 1 aromatic heterocycles. The van der Waals surface area contributed by atoms with Gasteiger partial charge in [-0.2, -0.15) is 0 Å². The smallest absolute Gasteiger partial charge is 0.275 e. The highest BCUT2D eigenvalue weighted by atomic mass is 32.1. The van der Waals surface area contributed by atoms with Gasteiger partial charge in [0.15, 0.2) is 6.54 Å². The molecule has 0 aliphatic carbocycles. The van der Waals surface area contributed by atoms with Gasteiger partial charge in [-0.15, -0.1) is 11.3 Å². The topological polar surface area (TPSA) is 57.0 Å². The number of hydrogen-bond donors (Lipinski definition) is 3. The van der Waals surface area contributed by atoms with Gasteiger partial charge in [0.2, 0.25) is 0 Å². The van der Waals surface area contributed by atoms with Crippen LogP contribution in [0.15, 0.2) is 41.8 Å². The summed E-state index contributed by atoms with van der Waals surface area (Å²) in [7, 11) is 0. The lowest BCUT2D eigenvalue weighted by molar-refractivity contribution is -0.892. The third-order valence-electron chi connectivity index (χ3n) is 4.45. The Bertz CT molecular complexity index is 667. The second kappa shape index (κ2) is 7.68. The lowest BCUT2D eigenvalue weighted by Gasteiger charge is -2.33. The van der Waals surface area contributed by atoms with E-state index in [1.165, 1.54) is 9.78 Å². The zero-order valence-electron chi connectivity index (χ0n) is 13.9. The minimum atomic E-state index is 0.0689. The standard InChI is InChI=1S/C18H23N3O2S/c1-14(17-7-4-12-24-17)19-18(23)13-20-8-10-21(11-9-20)15-5-2-3-6-16(15)22/h2-7,12,14,22H,8-11,13H2,1H3,(H,19,23)/p+1/t14-/m0/s1. The fourth-order valence-corrected chi connectivity index (χ4v) is 3.84. The molecule has 6 heteroatoms. The first-order chi connectivity index (χ1) is 11.6. The van der Waals surface area contributed by atoms with Crippen LogP contribution in [0.3, 0.4) is 0 Å². The average molecular weight is 346 g/mol. The highest BCUT2D eigenvalue weighted by molar-refractivity contribution is 7.10. The van der Waals surface area contributed by atoms with Crippen LogP contribution in [0.1, 0.15) is 17.8 Å². The lowest BCUT2D eigenvalue weighted by Crippen LogP contribution is -3.15. The van der Waals surface area contributed by atoms with Crippen molar-refractivity contribution >= 4 is 22.9 Å². The van der Waals surface area contributed by atoms with E-state index in [1.54, 1.807) is 17.4 Å². The number of hydrogen-bond acceptors (Lipinski definition) is 4. The van der Waals surface area contributed by atoms with Gasteiger partial charge in [-0.3, -0.25) is 4.79 Å². The molecule has 3 N–H and O–H groups in total. The van der Waals surface area contributed by atoms with Crippen LogP contribution in [0.5, 0.6) is 5.75 Å². The molecular formula is C18H24N3O2S+. The van der Waals surface area contributed by atoms with Crippen LogP contribution < -0.4 is 15.1 Å². The quantitative estimate of drug-likeness (QED) is 0.758. The fourth-order valence-electron chi connectivity index (χ4n) is 3.10. The van der Waals surface area contributed by atoms with Crippen molar-refractivity contribution in [3.05, 3.63) is 46.7 Å². The third-order valence-corrected chi connectivity index (χ3v) is 5.51. The number of phenolic OH excluding ortho intramolecular Hbond substituents is 1. The maximum absolute atomic E-state index is 12.2. The number of thiophene rings is 1. The molecule has 5 nitrogen and oxygen atoms in total. The van der Waals surface area contributed by atoms with Crippen molar-refractivity contribution < 1.29 is 14.8 Å².